The molecule has 1 aliphatic carbocycles. The molecule has 1 N–H and O–H groups in total. The maximum absolute atomic E-state index is 6.74. The monoisotopic (exact) mass is 545 g/mol. The minimum atomic E-state index is 0.151. The van der Waals surface area contributed by atoms with Crippen LogP contribution in [0.2, 0.25) is 10.0 Å². The molecule has 7 nitrogen and oxygen atoms in total. The zero-order valence-electron chi connectivity index (χ0n) is 20.7. The Balaban J connectivity index is 1.64. The number of nitrogens with one attached hydrogen (secondary N) is 1. The fraction of sp³-hybridized carbons (Fsp3) is 0.207. The van der Waals surface area contributed by atoms with E-state index in [1.165, 1.54) is 0 Å². The van der Waals surface area contributed by atoms with E-state index in [-0.39, 0.29) is 6.04 Å². The van der Waals surface area contributed by atoms with Crippen molar-refractivity contribution in [2.75, 3.05) is 25.6 Å². The molecule has 38 heavy (non-hydrogen) atoms. The van der Waals surface area contributed by atoms with Gasteiger partial charge in [-0.3, -0.25) is 4.99 Å². The highest BCUT2D eigenvalue weighted by molar-refractivity contribution is 6.35. The van der Waals surface area contributed by atoms with E-state index in [1.807, 2.05) is 54.6 Å². The van der Waals surface area contributed by atoms with Gasteiger partial charge in [-0.25, -0.2) is 9.97 Å². The lowest BCUT2D eigenvalue weighted by atomic mass is 10.1. The molecular formula is C29H25Cl2N5O2. The van der Waals surface area contributed by atoms with Gasteiger partial charge < -0.3 is 19.4 Å². The molecule has 0 saturated carbocycles. The van der Waals surface area contributed by atoms with Gasteiger partial charge in [0, 0.05) is 24.4 Å². The maximum Gasteiger partial charge on any atom is 0.237 e. The Hall–Kier alpha value is -3.65. The summed E-state index contributed by atoms with van der Waals surface area (Å²) in [6.45, 7) is 1.40. The number of para-hydroxylation sites is 2. The number of hydrogen-bond acceptors (Lipinski definition) is 6. The van der Waals surface area contributed by atoms with Gasteiger partial charge in [-0.15, -0.1) is 0 Å². The lowest BCUT2D eigenvalue weighted by Gasteiger charge is -2.22. The Morgan fingerprint density at radius 3 is 2.66 bits per heavy atom. The largest absolute Gasteiger partial charge is 0.480 e. The molecule has 3 aliphatic rings. The molecular weight excluding hydrogens is 521 g/mol. The third kappa shape index (κ3) is 4.80. The molecule has 3 aromatic rings. The average Bonchev–Trinajstić information content (AvgIpc) is 2.93. The summed E-state index contributed by atoms with van der Waals surface area (Å²) in [6, 6.07) is 21.6. The molecule has 0 radical (unpaired) electrons. The summed E-state index contributed by atoms with van der Waals surface area (Å²) in [6.07, 6.45) is 3.43. The number of benzene rings is 3. The number of anilines is 2. The molecule has 0 bridgehead atoms. The Morgan fingerprint density at radius 1 is 1.00 bits per heavy atom. The highest BCUT2D eigenvalue weighted by atomic mass is 35.5. The third-order valence-electron chi connectivity index (χ3n) is 6.59. The Kier molecular flexibility index (Phi) is 6.89. The number of halogens is 2. The van der Waals surface area contributed by atoms with Gasteiger partial charge in [-0.1, -0.05) is 35.3 Å². The number of ether oxygens (including phenoxy) is 2. The second-order valence-corrected chi connectivity index (χ2v) is 9.89. The normalized spacial score (nSPS) is 14.8. The zero-order valence-corrected chi connectivity index (χ0v) is 22.2. The minimum absolute atomic E-state index is 0.151. The summed E-state index contributed by atoms with van der Waals surface area (Å²) in [4.78, 5) is 14.5. The van der Waals surface area contributed by atoms with E-state index in [0.717, 1.165) is 57.7 Å². The first-order chi connectivity index (χ1) is 18.6. The third-order valence-corrected chi connectivity index (χ3v) is 7.13. The summed E-state index contributed by atoms with van der Waals surface area (Å²) < 4.78 is 13.2. The van der Waals surface area contributed by atoms with Crippen LogP contribution in [0.4, 0.5) is 11.4 Å². The van der Waals surface area contributed by atoms with Crippen molar-refractivity contribution >= 4 is 45.6 Å². The number of nitrogens with zero attached hydrogens (tertiary/aromatic N) is 4. The Labute approximate surface area is 230 Å². The predicted octanol–water partition coefficient (Wildman–Crippen LogP) is 6.66. The van der Waals surface area contributed by atoms with Gasteiger partial charge in [0.05, 0.1) is 57.3 Å². The van der Waals surface area contributed by atoms with Crippen molar-refractivity contribution in [2.45, 2.75) is 18.9 Å². The molecule has 2 aliphatic heterocycles. The fourth-order valence-corrected chi connectivity index (χ4v) is 5.27. The Morgan fingerprint density at radius 2 is 1.84 bits per heavy atom. The number of aromatic nitrogens is 3. The van der Waals surface area contributed by atoms with E-state index < -0.39 is 0 Å². The van der Waals surface area contributed by atoms with Crippen molar-refractivity contribution in [3.05, 3.63) is 88.3 Å². The Bertz CT molecular complexity index is 1660. The van der Waals surface area contributed by atoms with Crippen LogP contribution in [0.15, 0.2) is 77.9 Å². The van der Waals surface area contributed by atoms with Crippen LogP contribution in [0, 0.1) is 0 Å². The summed E-state index contributed by atoms with van der Waals surface area (Å²) in [7, 11) is 1.60. The van der Waals surface area contributed by atoms with E-state index in [9.17, 15) is 0 Å². The molecule has 0 spiro atoms. The van der Waals surface area contributed by atoms with Crippen molar-refractivity contribution in [1.29, 1.82) is 0 Å². The van der Waals surface area contributed by atoms with Crippen LogP contribution in [0.1, 0.15) is 12.8 Å². The van der Waals surface area contributed by atoms with Crippen molar-refractivity contribution in [2.24, 2.45) is 4.99 Å². The molecule has 0 atom stereocenters. The van der Waals surface area contributed by atoms with Gasteiger partial charge >= 0.3 is 0 Å². The topological polar surface area (TPSA) is 73.6 Å². The average molecular weight is 546 g/mol. The molecule has 3 heterocycles. The fourth-order valence-electron chi connectivity index (χ4n) is 4.78. The first-order valence-electron chi connectivity index (χ1n) is 12.4. The number of methoxy groups -OCH3 is 1. The van der Waals surface area contributed by atoms with E-state index in [2.05, 4.69) is 20.9 Å². The summed E-state index contributed by atoms with van der Waals surface area (Å²) in [5.41, 5.74) is 5.79. The highest BCUT2D eigenvalue weighted by Gasteiger charge is 2.20. The van der Waals surface area contributed by atoms with Gasteiger partial charge in [0.25, 0.3) is 0 Å². The van der Waals surface area contributed by atoms with Crippen LogP contribution in [0.5, 0.6) is 5.88 Å². The van der Waals surface area contributed by atoms with E-state index in [4.69, 9.17) is 42.7 Å². The van der Waals surface area contributed by atoms with Gasteiger partial charge in [-0.2, -0.15) is 0 Å². The molecule has 1 fully saturated rings. The van der Waals surface area contributed by atoms with E-state index in [0.29, 0.717) is 29.1 Å². The molecule has 1 saturated heterocycles. The van der Waals surface area contributed by atoms with Crippen molar-refractivity contribution in [3.8, 4) is 23.0 Å². The summed E-state index contributed by atoms with van der Waals surface area (Å²) in [5.74, 6) is 0.499. The first-order valence-corrected chi connectivity index (χ1v) is 13.1. The van der Waals surface area contributed by atoms with Crippen LogP contribution < -0.4 is 15.4 Å². The van der Waals surface area contributed by atoms with Gasteiger partial charge in [0.15, 0.2) is 0 Å². The lowest BCUT2D eigenvalue weighted by Crippen LogP contribution is -2.23. The van der Waals surface area contributed by atoms with E-state index >= 15 is 0 Å². The molecule has 9 heteroatoms. The smallest absolute Gasteiger partial charge is 0.237 e. The van der Waals surface area contributed by atoms with Crippen LogP contribution in [-0.4, -0.2) is 40.9 Å². The second kappa shape index (κ2) is 10.6. The van der Waals surface area contributed by atoms with Crippen LogP contribution in [0.25, 0.3) is 28.1 Å². The molecule has 0 unspecified atom stereocenters. The number of hydrogen-bond donors (Lipinski definition) is 1. The van der Waals surface area contributed by atoms with Gasteiger partial charge in [0.2, 0.25) is 5.88 Å². The molecule has 6 rings (SSSR count). The molecule has 2 aromatic carbocycles. The lowest BCUT2D eigenvalue weighted by molar-refractivity contribution is 0.0864. The van der Waals surface area contributed by atoms with Gasteiger partial charge in [-0.05, 0) is 67.4 Å². The van der Waals surface area contributed by atoms with Crippen LogP contribution >= 0.6 is 23.2 Å². The second-order valence-electron chi connectivity index (χ2n) is 9.05. The maximum atomic E-state index is 6.74. The molecule has 0 amide bonds. The summed E-state index contributed by atoms with van der Waals surface area (Å²) in [5, 5.41) is 5.43. The quantitative estimate of drug-likeness (QED) is 0.250. The number of pyridine rings is 1. The summed E-state index contributed by atoms with van der Waals surface area (Å²) >= 11 is 13.0. The number of rotatable bonds is 5. The molecule has 192 valence electrons. The molecule has 1 aromatic heterocycles. The van der Waals surface area contributed by atoms with Crippen molar-refractivity contribution in [3.63, 3.8) is 0 Å². The standard InChI is InChI=1S/C29H25Cl2N5O2/c1-37-29-22(6-4-12-32-29)35-23-16-25-28(17-24(23)33-19-10-13-38-14-11-19)36(26-9-8-18(30)15-20(26)31)27-7-3-2-5-21(27)34-25/h2-9,12,15-17,19,35H,10-11,13-14H2,1H3/b33-24+. The number of fused-ring (bicyclic) bond motifs is 2. The van der Waals surface area contributed by atoms with E-state index in [1.54, 1.807) is 19.4 Å². The minimum Gasteiger partial charge on any atom is -0.480 e. The van der Waals surface area contributed by atoms with Gasteiger partial charge in [0.1, 0.15) is 5.69 Å². The predicted molar refractivity (Wildman–Crippen MR) is 151 cm³/mol. The van der Waals surface area contributed by atoms with Crippen LogP contribution in [0.3, 0.4) is 0 Å². The van der Waals surface area contributed by atoms with Crippen molar-refractivity contribution < 1.29 is 9.47 Å². The van der Waals surface area contributed by atoms with Crippen molar-refractivity contribution in [1.82, 2.24) is 14.5 Å². The SMILES string of the molecule is COc1ncccc1Nc1cc2nc3ccccc3n(-c3ccc(Cl)cc3Cl)c-2c/c1=N\C1CCOCC1. The highest BCUT2D eigenvalue weighted by Crippen LogP contribution is 2.34. The zero-order chi connectivity index (χ0) is 26.1. The first kappa shape index (κ1) is 24.7. The van der Waals surface area contributed by atoms with Crippen LogP contribution in [-0.2, 0) is 4.74 Å².